The first-order chi connectivity index (χ1) is 18.4. The average Bonchev–Trinajstić information content (AvgIpc) is 3.35. The third-order valence-electron chi connectivity index (χ3n) is 8.62. The Hall–Kier alpha value is -3.96. The Bertz CT molecular complexity index is 1590. The highest BCUT2D eigenvalue weighted by atomic mass is 35.5. The van der Waals surface area contributed by atoms with Gasteiger partial charge in [-0.25, -0.2) is 0 Å². The molecule has 0 N–H and O–H groups in total. The lowest BCUT2D eigenvalue weighted by Crippen LogP contribution is -2.41. The van der Waals surface area contributed by atoms with E-state index in [-0.39, 0.29) is 23.7 Å². The first-order valence-corrected chi connectivity index (χ1v) is 13.3. The first kappa shape index (κ1) is 23.2. The van der Waals surface area contributed by atoms with Gasteiger partial charge in [0.15, 0.2) is 0 Å². The molecule has 188 valence electrons. The molecule has 3 aliphatic carbocycles. The molecule has 0 saturated carbocycles. The van der Waals surface area contributed by atoms with E-state index < -0.39 is 11.8 Å². The molecule has 5 nitrogen and oxygen atoms in total. The van der Waals surface area contributed by atoms with Crippen molar-refractivity contribution >= 4 is 29.6 Å². The molecule has 1 fully saturated rings. The number of hydrogen-bond donors (Lipinski definition) is 0. The number of benzene rings is 3. The quantitative estimate of drug-likeness (QED) is 0.236. The number of rotatable bonds is 3. The van der Waals surface area contributed by atoms with Crippen molar-refractivity contribution in [2.75, 3.05) is 0 Å². The molecule has 1 aromatic heterocycles. The molecule has 2 heterocycles. The van der Waals surface area contributed by atoms with E-state index in [4.69, 9.17) is 11.6 Å². The van der Waals surface area contributed by atoms with E-state index >= 15 is 0 Å². The second-order valence-corrected chi connectivity index (χ2v) is 11.0. The summed E-state index contributed by atoms with van der Waals surface area (Å²) in [6.07, 6.45) is 1.64. The third-order valence-corrected chi connectivity index (χ3v) is 9.03. The van der Waals surface area contributed by atoms with Gasteiger partial charge in [0.1, 0.15) is 0 Å². The van der Waals surface area contributed by atoms with Gasteiger partial charge in [-0.3, -0.25) is 9.59 Å². The molecular weight excluding hydrogens is 494 g/mol. The maximum Gasteiger partial charge on any atom is 0.254 e. The van der Waals surface area contributed by atoms with Crippen LogP contribution in [0.25, 0.3) is 5.69 Å². The van der Waals surface area contributed by atoms with Gasteiger partial charge in [-0.1, -0.05) is 66.2 Å². The van der Waals surface area contributed by atoms with Gasteiger partial charge in [-0.05, 0) is 66.8 Å². The van der Waals surface area contributed by atoms with Gasteiger partial charge in [-0.2, -0.15) is 10.1 Å². The van der Waals surface area contributed by atoms with Crippen molar-refractivity contribution in [1.29, 1.82) is 0 Å². The Labute approximate surface area is 226 Å². The zero-order chi connectivity index (χ0) is 26.3. The fourth-order valence-corrected chi connectivity index (χ4v) is 7.11. The molecule has 4 aliphatic rings. The molecule has 2 atom stereocenters. The van der Waals surface area contributed by atoms with E-state index in [1.165, 1.54) is 0 Å². The van der Waals surface area contributed by atoms with Crippen LogP contribution in [0, 0.1) is 32.6 Å². The standard InChI is InChI=1S/C32H26ClN3O2/c1-17-12-13-21(15-26(17)33)35-18(2)14-20(19(35)3)16-34-36-31(37)29-27-22-8-4-5-9-23(22)28(30(29)32(36)38)25-11-7-6-10-24(25)27/h4-16,27-30H,1-3H3/b34-16-/t27?,28?,29-,30+. The van der Waals surface area contributed by atoms with Crippen molar-refractivity contribution in [3.8, 4) is 5.69 Å². The molecule has 38 heavy (non-hydrogen) atoms. The first-order valence-electron chi connectivity index (χ1n) is 12.9. The number of aryl methyl sites for hydroxylation is 2. The molecule has 1 saturated heterocycles. The molecule has 0 radical (unpaired) electrons. The van der Waals surface area contributed by atoms with Crippen LogP contribution in [-0.2, 0) is 9.59 Å². The molecule has 0 unspecified atom stereocenters. The summed E-state index contributed by atoms with van der Waals surface area (Å²) in [7, 11) is 0. The summed E-state index contributed by atoms with van der Waals surface area (Å²) >= 11 is 6.39. The van der Waals surface area contributed by atoms with E-state index in [9.17, 15) is 9.59 Å². The normalized spacial score (nSPS) is 23.2. The van der Waals surface area contributed by atoms with Crippen LogP contribution in [0.3, 0.4) is 0 Å². The number of aromatic nitrogens is 1. The maximum absolute atomic E-state index is 13.8. The van der Waals surface area contributed by atoms with E-state index in [1.807, 2.05) is 69.3 Å². The predicted molar refractivity (Wildman–Crippen MR) is 148 cm³/mol. The fourth-order valence-electron chi connectivity index (χ4n) is 6.93. The van der Waals surface area contributed by atoms with Gasteiger partial charge < -0.3 is 4.57 Å². The summed E-state index contributed by atoms with van der Waals surface area (Å²) in [5.41, 5.74) is 9.43. The lowest BCUT2D eigenvalue weighted by Gasteiger charge is -2.45. The van der Waals surface area contributed by atoms with Crippen molar-refractivity contribution in [3.05, 3.63) is 123 Å². The van der Waals surface area contributed by atoms with Crippen LogP contribution in [0.4, 0.5) is 0 Å². The highest BCUT2D eigenvalue weighted by Gasteiger charge is 2.61. The number of carbonyl (C=O) groups is 2. The summed E-state index contributed by atoms with van der Waals surface area (Å²) in [6.45, 7) is 6.00. The van der Waals surface area contributed by atoms with E-state index in [0.29, 0.717) is 5.02 Å². The van der Waals surface area contributed by atoms with Crippen LogP contribution in [0.5, 0.6) is 0 Å². The number of imide groups is 1. The van der Waals surface area contributed by atoms with Crippen LogP contribution < -0.4 is 0 Å². The molecular formula is C32H26ClN3O2. The Morgan fingerprint density at radius 2 is 1.29 bits per heavy atom. The minimum atomic E-state index is -0.434. The Kier molecular flexibility index (Phi) is 5.04. The Morgan fingerprint density at radius 3 is 1.79 bits per heavy atom. The lowest BCUT2D eigenvalue weighted by molar-refractivity contribution is -0.139. The summed E-state index contributed by atoms with van der Waals surface area (Å²) in [5, 5.41) is 6.35. The van der Waals surface area contributed by atoms with E-state index in [0.717, 1.165) is 55.5 Å². The number of hydrogen-bond acceptors (Lipinski definition) is 3. The molecule has 2 bridgehead atoms. The van der Waals surface area contributed by atoms with Crippen LogP contribution in [0.2, 0.25) is 5.02 Å². The largest absolute Gasteiger partial charge is 0.318 e. The van der Waals surface area contributed by atoms with Crippen molar-refractivity contribution < 1.29 is 9.59 Å². The number of nitrogens with zero attached hydrogens (tertiary/aromatic N) is 3. The van der Waals surface area contributed by atoms with Crippen molar-refractivity contribution in [2.24, 2.45) is 16.9 Å². The summed E-state index contributed by atoms with van der Waals surface area (Å²) in [6, 6.07) is 24.5. The Balaban J connectivity index is 1.26. The molecule has 6 heteroatoms. The van der Waals surface area contributed by atoms with Crippen LogP contribution in [-0.4, -0.2) is 27.6 Å². The van der Waals surface area contributed by atoms with Crippen molar-refractivity contribution in [3.63, 3.8) is 0 Å². The zero-order valence-corrected chi connectivity index (χ0v) is 22.1. The number of amides is 2. The fraction of sp³-hybridized carbons (Fsp3) is 0.219. The maximum atomic E-state index is 13.8. The minimum absolute atomic E-state index is 0.134. The summed E-state index contributed by atoms with van der Waals surface area (Å²) in [5.74, 6) is -1.56. The van der Waals surface area contributed by atoms with Gasteiger partial charge in [0, 0.05) is 39.5 Å². The second kappa shape index (κ2) is 8.27. The molecule has 3 aromatic carbocycles. The average molecular weight is 520 g/mol. The smallest absolute Gasteiger partial charge is 0.254 e. The van der Waals surface area contributed by atoms with Crippen LogP contribution in [0.15, 0.2) is 77.9 Å². The summed E-state index contributed by atoms with van der Waals surface area (Å²) in [4.78, 5) is 27.6. The number of halogens is 1. The van der Waals surface area contributed by atoms with Crippen LogP contribution in [0.1, 0.15) is 56.6 Å². The lowest BCUT2D eigenvalue weighted by atomic mass is 9.55. The Morgan fingerprint density at radius 1 is 0.763 bits per heavy atom. The van der Waals surface area contributed by atoms with Gasteiger partial charge in [-0.15, -0.1) is 0 Å². The minimum Gasteiger partial charge on any atom is -0.318 e. The molecule has 1 aliphatic heterocycles. The molecule has 2 amide bonds. The van der Waals surface area contributed by atoms with Crippen LogP contribution >= 0.6 is 11.6 Å². The van der Waals surface area contributed by atoms with Crippen molar-refractivity contribution in [1.82, 2.24) is 9.58 Å². The highest BCUT2D eigenvalue weighted by Crippen LogP contribution is 2.60. The third kappa shape index (κ3) is 3.08. The highest BCUT2D eigenvalue weighted by molar-refractivity contribution is 6.31. The van der Waals surface area contributed by atoms with E-state index in [1.54, 1.807) is 6.21 Å². The van der Waals surface area contributed by atoms with Gasteiger partial charge in [0.25, 0.3) is 11.8 Å². The van der Waals surface area contributed by atoms with Gasteiger partial charge in [0.05, 0.1) is 18.1 Å². The monoisotopic (exact) mass is 519 g/mol. The molecule has 4 aromatic rings. The summed E-state index contributed by atoms with van der Waals surface area (Å²) < 4.78 is 2.10. The number of hydrazone groups is 1. The topological polar surface area (TPSA) is 54.7 Å². The van der Waals surface area contributed by atoms with Crippen molar-refractivity contribution in [2.45, 2.75) is 32.6 Å². The second-order valence-electron chi connectivity index (χ2n) is 10.6. The van der Waals surface area contributed by atoms with Gasteiger partial charge >= 0.3 is 0 Å². The van der Waals surface area contributed by atoms with Gasteiger partial charge in [0.2, 0.25) is 0 Å². The predicted octanol–water partition coefficient (Wildman–Crippen LogP) is 6.28. The zero-order valence-electron chi connectivity index (χ0n) is 21.4. The SMILES string of the molecule is Cc1ccc(-n2c(C)cc(/C=N\N3C(=O)[C@@H]4C5c6ccccc6C(c6ccccc65)[C@@H]4C3=O)c2C)cc1Cl. The molecule has 8 rings (SSSR count). The molecule has 0 spiro atoms. The number of carbonyl (C=O) groups excluding carboxylic acids is 2. The van der Waals surface area contributed by atoms with E-state index in [2.05, 4.69) is 33.9 Å².